The Balaban J connectivity index is 2.25. The molecule has 108 valence electrons. The molecular weight excluding hydrogens is 406 g/mol. The number of pyridine rings is 1. The van der Waals surface area contributed by atoms with E-state index in [4.69, 9.17) is 4.74 Å². The molecule has 1 heterocycles. The maximum absolute atomic E-state index is 12.4. The van der Waals surface area contributed by atoms with E-state index in [0.29, 0.717) is 29.6 Å². The van der Waals surface area contributed by atoms with Crippen LogP contribution in [0.5, 0.6) is 0 Å². The zero-order valence-electron chi connectivity index (χ0n) is 11.4. The van der Waals surface area contributed by atoms with Crippen molar-refractivity contribution in [3.63, 3.8) is 0 Å². The quantitative estimate of drug-likeness (QED) is 0.547. The number of fused-ring (bicyclic) bond motifs is 1. The molecule has 6 heteroatoms. The van der Waals surface area contributed by atoms with Gasteiger partial charge in [0.2, 0.25) is 0 Å². The van der Waals surface area contributed by atoms with Gasteiger partial charge >= 0.3 is 0 Å². The zero-order valence-corrected chi connectivity index (χ0v) is 15.3. The highest BCUT2D eigenvalue weighted by atomic mass is 79.9. The molecule has 2 aromatic rings. The molecule has 0 aliphatic rings. The molecule has 0 bridgehead atoms. The minimum Gasteiger partial charge on any atom is -0.356 e. The van der Waals surface area contributed by atoms with Crippen LogP contribution in [0.15, 0.2) is 38.1 Å². The predicted octanol–water partition coefficient (Wildman–Crippen LogP) is 3.38. The number of aromatic nitrogens is 1. The van der Waals surface area contributed by atoms with Crippen molar-refractivity contribution < 1.29 is 4.74 Å². The maximum atomic E-state index is 12.4. The molecule has 3 nitrogen and oxygen atoms in total. The van der Waals surface area contributed by atoms with Gasteiger partial charge in [0, 0.05) is 25.9 Å². The standard InChI is InChI=1S/C14H16Br2NO2S/c1-20(2)6-5-19-9-17-8-13(16)12-7-10(15)3-4-11(12)14(17)18/h3-4,7-8H,5-6,9H2,1-2H3/q+1. The topological polar surface area (TPSA) is 31.2 Å². The second-order valence-corrected chi connectivity index (χ2v) is 8.82. The van der Waals surface area contributed by atoms with Crippen LogP contribution >= 0.6 is 31.9 Å². The smallest absolute Gasteiger partial charge is 0.260 e. The number of nitrogens with zero attached hydrogens (tertiary/aromatic N) is 1. The van der Waals surface area contributed by atoms with E-state index in [0.717, 1.165) is 20.1 Å². The molecule has 0 saturated carbocycles. The Bertz CT molecular complexity index is 670. The summed E-state index contributed by atoms with van der Waals surface area (Å²) in [6.45, 7) is 0.971. The number of hydrogen-bond acceptors (Lipinski definition) is 2. The van der Waals surface area contributed by atoms with Crippen molar-refractivity contribution in [2.45, 2.75) is 6.73 Å². The lowest BCUT2D eigenvalue weighted by molar-refractivity contribution is 0.0875. The van der Waals surface area contributed by atoms with E-state index in [1.807, 2.05) is 18.2 Å². The van der Waals surface area contributed by atoms with Gasteiger partial charge < -0.3 is 4.74 Å². The molecule has 0 atom stereocenters. The molecule has 0 aliphatic carbocycles. The fourth-order valence-electron chi connectivity index (χ4n) is 1.80. The highest BCUT2D eigenvalue weighted by Crippen LogP contribution is 2.24. The fourth-order valence-corrected chi connectivity index (χ4v) is 3.19. The summed E-state index contributed by atoms with van der Waals surface area (Å²) >= 11 is 6.93. The van der Waals surface area contributed by atoms with Crippen LogP contribution in [0.2, 0.25) is 0 Å². The molecule has 0 radical (unpaired) electrons. The highest BCUT2D eigenvalue weighted by molar-refractivity contribution is 9.11. The molecule has 0 spiro atoms. The molecule has 0 N–H and O–H groups in total. The van der Waals surface area contributed by atoms with Crippen molar-refractivity contribution in [1.82, 2.24) is 4.57 Å². The lowest BCUT2D eigenvalue weighted by Crippen LogP contribution is -2.22. The molecule has 1 aromatic carbocycles. The molecule has 0 amide bonds. The van der Waals surface area contributed by atoms with E-state index in [2.05, 4.69) is 44.4 Å². The van der Waals surface area contributed by atoms with Gasteiger partial charge in [0.05, 0.1) is 19.1 Å². The SMILES string of the molecule is C[S+](C)CCOCn1cc(Br)c2cc(Br)ccc2c1=O. The van der Waals surface area contributed by atoms with E-state index >= 15 is 0 Å². The molecule has 20 heavy (non-hydrogen) atoms. The monoisotopic (exact) mass is 420 g/mol. The Morgan fingerprint density at radius 1 is 1.25 bits per heavy atom. The largest absolute Gasteiger partial charge is 0.356 e. The van der Waals surface area contributed by atoms with Gasteiger partial charge in [0.1, 0.15) is 12.5 Å². The Morgan fingerprint density at radius 2 is 2.00 bits per heavy atom. The Labute approximate surface area is 137 Å². The predicted molar refractivity (Wildman–Crippen MR) is 93.6 cm³/mol. The molecule has 0 unspecified atom stereocenters. The van der Waals surface area contributed by atoms with Crippen LogP contribution in [0.1, 0.15) is 0 Å². The van der Waals surface area contributed by atoms with E-state index < -0.39 is 0 Å². The average Bonchev–Trinajstić information content (AvgIpc) is 2.39. The summed E-state index contributed by atoms with van der Waals surface area (Å²) in [5.74, 6) is 1.02. The van der Waals surface area contributed by atoms with E-state index in [9.17, 15) is 4.79 Å². The average molecular weight is 422 g/mol. The van der Waals surface area contributed by atoms with Crippen LogP contribution < -0.4 is 5.56 Å². The molecule has 0 aliphatic heterocycles. The fraction of sp³-hybridized carbons (Fsp3) is 0.357. The van der Waals surface area contributed by atoms with Crippen LogP contribution in [-0.2, 0) is 22.4 Å². The van der Waals surface area contributed by atoms with Gasteiger partial charge in [0.15, 0.2) is 0 Å². The summed E-state index contributed by atoms with van der Waals surface area (Å²) < 4.78 is 9.03. The van der Waals surface area contributed by atoms with Gasteiger partial charge in [0.25, 0.3) is 5.56 Å². The maximum Gasteiger partial charge on any atom is 0.260 e. The minimum absolute atomic E-state index is 0.0253. The summed E-state index contributed by atoms with van der Waals surface area (Å²) in [4.78, 5) is 12.4. The van der Waals surface area contributed by atoms with Crippen LogP contribution in [0, 0.1) is 0 Å². The number of halogens is 2. The first kappa shape index (κ1) is 16.1. The lowest BCUT2D eigenvalue weighted by atomic mass is 10.2. The molecule has 2 rings (SSSR count). The lowest BCUT2D eigenvalue weighted by Gasteiger charge is -2.10. The van der Waals surface area contributed by atoms with Crippen molar-refractivity contribution in [3.05, 3.63) is 43.7 Å². The summed E-state index contributed by atoms with van der Waals surface area (Å²) in [5.41, 5.74) is -0.0253. The molecular formula is C14H16Br2NO2S+. The molecule has 0 saturated heterocycles. The minimum atomic E-state index is -0.0253. The van der Waals surface area contributed by atoms with Crippen molar-refractivity contribution >= 4 is 53.5 Å². The third-order valence-corrected chi connectivity index (χ3v) is 4.97. The van der Waals surface area contributed by atoms with Crippen molar-refractivity contribution in [1.29, 1.82) is 0 Å². The molecule has 1 aromatic heterocycles. The number of hydrogen-bond donors (Lipinski definition) is 0. The van der Waals surface area contributed by atoms with Crippen LogP contribution in [0.25, 0.3) is 10.8 Å². The van der Waals surface area contributed by atoms with Gasteiger partial charge in [-0.2, -0.15) is 0 Å². The normalized spacial score (nSPS) is 11.4. The van der Waals surface area contributed by atoms with Crippen LogP contribution in [0.3, 0.4) is 0 Å². The summed E-state index contributed by atoms with van der Waals surface area (Å²) in [7, 11) is 0.365. The van der Waals surface area contributed by atoms with E-state index in [-0.39, 0.29) is 5.56 Å². The number of rotatable bonds is 5. The van der Waals surface area contributed by atoms with Gasteiger partial charge in [-0.15, -0.1) is 0 Å². The Hall–Kier alpha value is -0.300. The molecule has 0 fully saturated rings. The summed E-state index contributed by atoms with van der Waals surface area (Å²) in [6.07, 6.45) is 6.15. The second kappa shape index (κ2) is 7.11. The zero-order chi connectivity index (χ0) is 14.7. The van der Waals surface area contributed by atoms with E-state index in [1.54, 1.807) is 10.8 Å². The second-order valence-electron chi connectivity index (χ2n) is 4.67. The third-order valence-electron chi connectivity index (χ3n) is 2.87. The van der Waals surface area contributed by atoms with Crippen molar-refractivity contribution in [3.8, 4) is 0 Å². The van der Waals surface area contributed by atoms with Gasteiger partial charge in [-0.1, -0.05) is 15.9 Å². The van der Waals surface area contributed by atoms with Gasteiger partial charge in [-0.3, -0.25) is 9.36 Å². The number of benzene rings is 1. The van der Waals surface area contributed by atoms with Crippen LogP contribution in [0.4, 0.5) is 0 Å². The van der Waals surface area contributed by atoms with Crippen molar-refractivity contribution in [2.75, 3.05) is 24.9 Å². The van der Waals surface area contributed by atoms with E-state index in [1.165, 1.54) is 0 Å². The Kier molecular flexibility index (Phi) is 5.72. The summed E-state index contributed by atoms with van der Waals surface area (Å²) in [5, 5.41) is 1.60. The first-order valence-electron chi connectivity index (χ1n) is 6.09. The van der Waals surface area contributed by atoms with Gasteiger partial charge in [-0.25, -0.2) is 0 Å². The first-order valence-corrected chi connectivity index (χ1v) is 9.89. The van der Waals surface area contributed by atoms with Crippen molar-refractivity contribution in [2.24, 2.45) is 0 Å². The first-order chi connectivity index (χ1) is 9.49. The highest BCUT2D eigenvalue weighted by Gasteiger charge is 2.08. The van der Waals surface area contributed by atoms with Crippen LogP contribution in [-0.4, -0.2) is 29.4 Å². The summed E-state index contributed by atoms with van der Waals surface area (Å²) in [6, 6.07) is 5.64. The third kappa shape index (κ3) is 3.87. The van der Waals surface area contributed by atoms with Gasteiger partial charge in [-0.05, 0) is 45.0 Å². The number of ether oxygens (including phenoxy) is 1. The Morgan fingerprint density at radius 3 is 2.70 bits per heavy atom.